The highest BCUT2D eigenvalue weighted by atomic mass is 14.9. The van der Waals surface area contributed by atoms with E-state index in [1.165, 1.54) is 5.56 Å². The molecule has 3 heteroatoms. The summed E-state index contributed by atoms with van der Waals surface area (Å²) in [5.74, 6) is 0.992. The highest BCUT2D eigenvalue weighted by Crippen LogP contribution is 2.20. The van der Waals surface area contributed by atoms with Crippen molar-refractivity contribution in [3.63, 3.8) is 0 Å². The second kappa shape index (κ2) is 4.31. The maximum atomic E-state index is 5.60. The van der Waals surface area contributed by atoms with Crippen LogP contribution in [0.3, 0.4) is 0 Å². The number of nitrogens with zero attached hydrogens (tertiary/aromatic N) is 2. The Bertz CT molecular complexity index is 475. The van der Waals surface area contributed by atoms with E-state index in [0.717, 1.165) is 11.3 Å². The molecule has 0 aliphatic carbocycles. The lowest BCUT2D eigenvalue weighted by Gasteiger charge is -2.06. The van der Waals surface area contributed by atoms with Crippen molar-refractivity contribution in [2.75, 3.05) is 5.73 Å². The summed E-state index contributed by atoms with van der Waals surface area (Å²) in [6.07, 6.45) is 3.27. The second-order valence-electron chi connectivity index (χ2n) is 4.11. The normalized spacial score (nSPS) is 10.7. The predicted octanol–water partition coefficient (Wildman–Crippen LogP) is 2.85. The molecule has 0 bridgehead atoms. The highest BCUT2D eigenvalue weighted by Gasteiger charge is 2.02. The fraction of sp³-hybridized carbons (Fsp3) is 0.231. The van der Waals surface area contributed by atoms with Crippen molar-refractivity contribution in [2.45, 2.75) is 19.8 Å². The van der Waals surface area contributed by atoms with Gasteiger partial charge >= 0.3 is 0 Å². The number of nitrogen functional groups attached to an aromatic ring is 1. The lowest BCUT2D eigenvalue weighted by atomic mass is 10.0. The van der Waals surface area contributed by atoms with Crippen molar-refractivity contribution in [3.8, 4) is 11.3 Å². The van der Waals surface area contributed by atoms with Crippen LogP contribution in [0.1, 0.15) is 25.3 Å². The molecule has 0 atom stereocenters. The van der Waals surface area contributed by atoms with Crippen LogP contribution < -0.4 is 5.73 Å². The molecule has 0 fully saturated rings. The van der Waals surface area contributed by atoms with Crippen molar-refractivity contribution in [2.24, 2.45) is 0 Å². The molecule has 82 valence electrons. The van der Waals surface area contributed by atoms with Gasteiger partial charge < -0.3 is 5.73 Å². The van der Waals surface area contributed by atoms with Crippen LogP contribution in [-0.2, 0) is 0 Å². The van der Waals surface area contributed by atoms with Crippen LogP contribution in [0, 0.1) is 0 Å². The van der Waals surface area contributed by atoms with Crippen molar-refractivity contribution in [1.29, 1.82) is 0 Å². The average Bonchev–Trinajstić information content (AvgIpc) is 2.29. The van der Waals surface area contributed by atoms with Gasteiger partial charge in [-0.1, -0.05) is 38.1 Å². The van der Waals surface area contributed by atoms with Gasteiger partial charge in [-0.2, -0.15) is 0 Å². The Morgan fingerprint density at radius 3 is 2.31 bits per heavy atom. The molecule has 16 heavy (non-hydrogen) atoms. The van der Waals surface area contributed by atoms with Crippen molar-refractivity contribution in [1.82, 2.24) is 9.97 Å². The number of aromatic nitrogens is 2. The minimum absolute atomic E-state index is 0.449. The van der Waals surface area contributed by atoms with Crippen LogP contribution in [0.5, 0.6) is 0 Å². The van der Waals surface area contributed by atoms with Gasteiger partial charge in [0.1, 0.15) is 5.82 Å². The molecule has 0 unspecified atom stereocenters. The van der Waals surface area contributed by atoms with Gasteiger partial charge in [-0.05, 0) is 11.5 Å². The van der Waals surface area contributed by atoms with Gasteiger partial charge in [0.25, 0.3) is 0 Å². The van der Waals surface area contributed by atoms with E-state index in [2.05, 4.69) is 48.1 Å². The van der Waals surface area contributed by atoms with E-state index in [0.29, 0.717) is 11.7 Å². The number of rotatable bonds is 2. The molecule has 0 radical (unpaired) electrons. The summed E-state index contributed by atoms with van der Waals surface area (Å²) in [7, 11) is 0. The first-order valence-electron chi connectivity index (χ1n) is 5.34. The molecule has 0 aliphatic heterocycles. The molecular weight excluding hydrogens is 198 g/mol. The highest BCUT2D eigenvalue weighted by molar-refractivity contribution is 5.59. The molecule has 2 aromatic rings. The number of nitrogens with two attached hydrogens (primary N) is 1. The van der Waals surface area contributed by atoms with Crippen LogP contribution >= 0.6 is 0 Å². The average molecular weight is 213 g/mol. The third-order valence-corrected chi connectivity index (χ3v) is 2.53. The molecule has 2 rings (SSSR count). The van der Waals surface area contributed by atoms with E-state index in [9.17, 15) is 0 Å². The van der Waals surface area contributed by atoms with E-state index in [1.54, 1.807) is 12.4 Å². The summed E-state index contributed by atoms with van der Waals surface area (Å²) in [6, 6.07) is 8.34. The van der Waals surface area contributed by atoms with E-state index in [-0.39, 0.29) is 0 Å². The topological polar surface area (TPSA) is 51.8 Å². The van der Waals surface area contributed by atoms with Crippen LogP contribution in [0.15, 0.2) is 36.7 Å². The molecular formula is C13H15N3. The Kier molecular flexibility index (Phi) is 2.86. The fourth-order valence-corrected chi connectivity index (χ4v) is 1.56. The summed E-state index contributed by atoms with van der Waals surface area (Å²) in [6.45, 7) is 4.35. The molecule has 0 saturated carbocycles. The number of hydrogen-bond donors (Lipinski definition) is 1. The molecule has 0 saturated heterocycles. The lowest BCUT2D eigenvalue weighted by Crippen LogP contribution is -1.94. The Balaban J connectivity index is 2.35. The first kappa shape index (κ1) is 10.6. The van der Waals surface area contributed by atoms with Crippen molar-refractivity contribution in [3.05, 3.63) is 42.2 Å². The Hall–Kier alpha value is -1.90. The lowest BCUT2D eigenvalue weighted by molar-refractivity contribution is 0.867. The zero-order valence-electron chi connectivity index (χ0n) is 9.51. The third kappa shape index (κ3) is 2.19. The number of benzene rings is 1. The van der Waals surface area contributed by atoms with Gasteiger partial charge in [-0.3, -0.25) is 4.98 Å². The molecule has 0 spiro atoms. The van der Waals surface area contributed by atoms with Crippen LogP contribution in [0.25, 0.3) is 11.3 Å². The van der Waals surface area contributed by atoms with E-state index in [4.69, 9.17) is 5.73 Å². The Morgan fingerprint density at radius 2 is 1.75 bits per heavy atom. The second-order valence-corrected chi connectivity index (χ2v) is 4.11. The van der Waals surface area contributed by atoms with Crippen LogP contribution in [-0.4, -0.2) is 9.97 Å². The van der Waals surface area contributed by atoms with E-state index >= 15 is 0 Å². The molecule has 3 nitrogen and oxygen atoms in total. The zero-order chi connectivity index (χ0) is 11.5. The molecule has 2 N–H and O–H groups in total. The SMILES string of the molecule is CC(C)c1ccc(-c2cncc(N)n2)cc1. The van der Waals surface area contributed by atoms with Gasteiger partial charge in [-0.15, -0.1) is 0 Å². The molecule has 1 heterocycles. The fourth-order valence-electron chi connectivity index (χ4n) is 1.56. The van der Waals surface area contributed by atoms with Gasteiger partial charge in [0, 0.05) is 5.56 Å². The quantitative estimate of drug-likeness (QED) is 0.834. The zero-order valence-corrected chi connectivity index (χ0v) is 9.51. The Labute approximate surface area is 95.4 Å². The summed E-state index contributed by atoms with van der Waals surface area (Å²) < 4.78 is 0. The molecule has 0 aliphatic rings. The number of hydrogen-bond acceptors (Lipinski definition) is 3. The standard InChI is InChI=1S/C13H15N3/c1-9(2)10-3-5-11(6-4-10)12-7-15-8-13(14)16-12/h3-9H,1-2H3,(H2,14,16). The van der Waals surface area contributed by atoms with Gasteiger partial charge in [0.05, 0.1) is 18.1 Å². The minimum atomic E-state index is 0.449. The summed E-state index contributed by atoms with van der Waals surface area (Å²) in [4.78, 5) is 8.26. The number of anilines is 1. The largest absolute Gasteiger partial charge is 0.382 e. The van der Waals surface area contributed by atoms with Gasteiger partial charge in [0.2, 0.25) is 0 Å². The summed E-state index contributed by atoms with van der Waals surface area (Å²) in [5, 5.41) is 0. The monoisotopic (exact) mass is 213 g/mol. The minimum Gasteiger partial charge on any atom is -0.382 e. The molecule has 1 aromatic carbocycles. The first-order chi connectivity index (χ1) is 7.66. The Morgan fingerprint density at radius 1 is 1.06 bits per heavy atom. The maximum absolute atomic E-state index is 5.60. The smallest absolute Gasteiger partial charge is 0.142 e. The summed E-state index contributed by atoms with van der Waals surface area (Å²) in [5.41, 5.74) is 8.78. The summed E-state index contributed by atoms with van der Waals surface area (Å²) >= 11 is 0. The maximum Gasteiger partial charge on any atom is 0.142 e. The predicted molar refractivity (Wildman–Crippen MR) is 66.0 cm³/mol. The van der Waals surface area contributed by atoms with Gasteiger partial charge in [-0.25, -0.2) is 4.98 Å². The van der Waals surface area contributed by atoms with Crippen molar-refractivity contribution < 1.29 is 0 Å². The van der Waals surface area contributed by atoms with E-state index < -0.39 is 0 Å². The third-order valence-electron chi connectivity index (χ3n) is 2.53. The van der Waals surface area contributed by atoms with Crippen molar-refractivity contribution >= 4 is 5.82 Å². The molecule has 1 aromatic heterocycles. The van der Waals surface area contributed by atoms with Gasteiger partial charge in [0.15, 0.2) is 0 Å². The van der Waals surface area contributed by atoms with Crippen LogP contribution in [0.2, 0.25) is 0 Å². The molecule has 0 amide bonds. The first-order valence-corrected chi connectivity index (χ1v) is 5.34. The van der Waals surface area contributed by atoms with E-state index in [1.807, 2.05) is 0 Å². The van der Waals surface area contributed by atoms with Crippen LogP contribution in [0.4, 0.5) is 5.82 Å².